The lowest BCUT2D eigenvalue weighted by Crippen LogP contribution is -1.94. The number of ether oxygens (including phenoxy) is 1. The van der Waals surface area contributed by atoms with Crippen molar-refractivity contribution in [3.05, 3.63) is 52.3 Å². The fourth-order valence-corrected chi connectivity index (χ4v) is 1.79. The van der Waals surface area contributed by atoms with Crippen LogP contribution in [0, 0.1) is 5.82 Å². The molecule has 0 aliphatic carbocycles. The van der Waals surface area contributed by atoms with Gasteiger partial charge < -0.3 is 15.6 Å². The summed E-state index contributed by atoms with van der Waals surface area (Å²) in [7, 11) is 0. The van der Waals surface area contributed by atoms with Crippen LogP contribution in [0.4, 0.5) is 10.1 Å². The van der Waals surface area contributed by atoms with Crippen molar-refractivity contribution in [2.75, 3.05) is 5.73 Å². The Morgan fingerprint density at radius 3 is 2.78 bits per heavy atom. The highest BCUT2D eigenvalue weighted by Crippen LogP contribution is 2.32. The largest absolute Gasteiger partial charge is 0.455 e. The molecule has 2 aromatic rings. The van der Waals surface area contributed by atoms with E-state index in [1.54, 1.807) is 24.3 Å². The highest BCUT2D eigenvalue weighted by molar-refractivity contribution is 9.10. The average Bonchev–Trinajstić information content (AvgIpc) is 2.36. The van der Waals surface area contributed by atoms with E-state index >= 15 is 0 Å². The fraction of sp³-hybridized carbons (Fsp3) is 0.0769. The number of halogens is 2. The van der Waals surface area contributed by atoms with E-state index in [0.29, 0.717) is 11.5 Å². The zero-order chi connectivity index (χ0) is 13.1. The predicted molar refractivity (Wildman–Crippen MR) is 71.0 cm³/mol. The summed E-state index contributed by atoms with van der Waals surface area (Å²) in [6.45, 7) is -0.0696. The summed E-state index contributed by atoms with van der Waals surface area (Å²) in [6.07, 6.45) is 0. The molecule has 0 amide bonds. The molecule has 0 radical (unpaired) electrons. The number of benzene rings is 2. The molecular formula is C13H11BrFNO2. The van der Waals surface area contributed by atoms with Crippen LogP contribution in [0.3, 0.4) is 0 Å². The van der Waals surface area contributed by atoms with Crippen LogP contribution in [-0.2, 0) is 6.61 Å². The molecule has 3 N–H and O–H groups in total. The van der Waals surface area contributed by atoms with E-state index in [9.17, 15) is 4.39 Å². The summed E-state index contributed by atoms with van der Waals surface area (Å²) < 4.78 is 19.0. The minimum atomic E-state index is -0.441. The molecule has 18 heavy (non-hydrogen) atoms. The predicted octanol–water partition coefficient (Wildman–Crippen LogP) is 3.46. The Balaban J connectivity index is 2.30. The van der Waals surface area contributed by atoms with Gasteiger partial charge in [0.05, 0.1) is 16.8 Å². The van der Waals surface area contributed by atoms with E-state index in [2.05, 4.69) is 15.9 Å². The van der Waals surface area contributed by atoms with Crippen LogP contribution in [-0.4, -0.2) is 5.11 Å². The van der Waals surface area contributed by atoms with Crippen molar-refractivity contribution in [2.24, 2.45) is 0 Å². The number of anilines is 1. The molecule has 94 valence electrons. The molecular weight excluding hydrogens is 301 g/mol. The summed E-state index contributed by atoms with van der Waals surface area (Å²) in [5.74, 6) is 0.453. The standard InChI is InChI=1S/C13H11BrFNO2/c14-10-5-13(12(16)6-11(10)15)18-9-3-1-2-8(4-9)7-17/h1-6,17H,7,16H2. The zero-order valence-corrected chi connectivity index (χ0v) is 10.9. The van der Waals surface area contributed by atoms with Gasteiger partial charge in [0, 0.05) is 12.1 Å². The van der Waals surface area contributed by atoms with Crippen LogP contribution in [0.5, 0.6) is 11.5 Å². The first-order valence-electron chi connectivity index (χ1n) is 5.22. The molecule has 0 unspecified atom stereocenters. The smallest absolute Gasteiger partial charge is 0.151 e. The maximum atomic E-state index is 13.2. The van der Waals surface area contributed by atoms with Gasteiger partial charge >= 0.3 is 0 Å². The Morgan fingerprint density at radius 2 is 2.06 bits per heavy atom. The fourth-order valence-electron chi connectivity index (χ4n) is 1.47. The molecule has 0 fully saturated rings. The molecule has 0 aliphatic rings. The van der Waals surface area contributed by atoms with Gasteiger partial charge in [0.15, 0.2) is 5.75 Å². The lowest BCUT2D eigenvalue weighted by molar-refractivity contribution is 0.281. The van der Waals surface area contributed by atoms with Crippen molar-refractivity contribution in [1.82, 2.24) is 0 Å². The summed E-state index contributed by atoms with van der Waals surface area (Å²) in [5, 5.41) is 9.03. The molecule has 2 aromatic carbocycles. The minimum absolute atomic E-state index is 0.0696. The molecule has 0 saturated carbocycles. The van der Waals surface area contributed by atoms with Crippen LogP contribution >= 0.6 is 15.9 Å². The Morgan fingerprint density at radius 1 is 1.28 bits per heavy atom. The van der Waals surface area contributed by atoms with Crippen molar-refractivity contribution >= 4 is 21.6 Å². The normalized spacial score (nSPS) is 10.4. The van der Waals surface area contributed by atoms with Gasteiger partial charge in [0.1, 0.15) is 11.6 Å². The third-order valence-corrected chi connectivity index (χ3v) is 2.97. The first-order valence-corrected chi connectivity index (χ1v) is 6.01. The van der Waals surface area contributed by atoms with Crippen molar-refractivity contribution in [3.8, 4) is 11.5 Å². The number of nitrogens with two attached hydrogens (primary N) is 1. The molecule has 2 rings (SSSR count). The van der Waals surface area contributed by atoms with E-state index < -0.39 is 5.82 Å². The van der Waals surface area contributed by atoms with Gasteiger partial charge in [-0.1, -0.05) is 12.1 Å². The van der Waals surface area contributed by atoms with Crippen LogP contribution in [0.25, 0.3) is 0 Å². The molecule has 0 bridgehead atoms. The number of aliphatic hydroxyl groups excluding tert-OH is 1. The van der Waals surface area contributed by atoms with Crippen LogP contribution in [0.1, 0.15) is 5.56 Å². The molecule has 5 heteroatoms. The van der Waals surface area contributed by atoms with Crippen LogP contribution in [0.15, 0.2) is 40.9 Å². The van der Waals surface area contributed by atoms with Crippen LogP contribution < -0.4 is 10.5 Å². The van der Waals surface area contributed by atoms with Gasteiger partial charge in [-0.25, -0.2) is 4.39 Å². The van der Waals surface area contributed by atoms with E-state index in [0.717, 1.165) is 5.56 Å². The van der Waals surface area contributed by atoms with Gasteiger partial charge in [-0.05, 0) is 33.6 Å². The molecule has 0 atom stereocenters. The highest BCUT2D eigenvalue weighted by Gasteiger charge is 2.08. The molecule has 0 saturated heterocycles. The average molecular weight is 312 g/mol. The molecule has 3 nitrogen and oxygen atoms in total. The van der Waals surface area contributed by atoms with Crippen molar-refractivity contribution in [2.45, 2.75) is 6.61 Å². The van der Waals surface area contributed by atoms with Gasteiger partial charge in [0.2, 0.25) is 0 Å². The van der Waals surface area contributed by atoms with Gasteiger partial charge in [0.25, 0.3) is 0 Å². The monoisotopic (exact) mass is 311 g/mol. The zero-order valence-electron chi connectivity index (χ0n) is 9.36. The highest BCUT2D eigenvalue weighted by atomic mass is 79.9. The number of hydrogen-bond acceptors (Lipinski definition) is 3. The second-order valence-corrected chi connectivity index (χ2v) is 4.57. The number of hydrogen-bond donors (Lipinski definition) is 2. The molecule has 0 spiro atoms. The lowest BCUT2D eigenvalue weighted by atomic mass is 10.2. The topological polar surface area (TPSA) is 55.5 Å². The van der Waals surface area contributed by atoms with E-state index in [-0.39, 0.29) is 16.8 Å². The maximum Gasteiger partial charge on any atom is 0.151 e. The van der Waals surface area contributed by atoms with Gasteiger partial charge in [-0.2, -0.15) is 0 Å². The van der Waals surface area contributed by atoms with Crippen LogP contribution in [0.2, 0.25) is 0 Å². The van der Waals surface area contributed by atoms with Gasteiger partial charge in [-0.15, -0.1) is 0 Å². The second-order valence-electron chi connectivity index (χ2n) is 3.71. The van der Waals surface area contributed by atoms with Gasteiger partial charge in [-0.3, -0.25) is 0 Å². The van der Waals surface area contributed by atoms with E-state index in [1.165, 1.54) is 12.1 Å². The summed E-state index contributed by atoms with van der Waals surface area (Å²) >= 11 is 3.07. The first-order chi connectivity index (χ1) is 8.60. The second kappa shape index (κ2) is 5.37. The first kappa shape index (κ1) is 12.9. The molecule has 0 aliphatic heterocycles. The third kappa shape index (κ3) is 2.80. The summed E-state index contributed by atoms with van der Waals surface area (Å²) in [5.41, 5.74) is 6.62. The van der Waals surface area contributed by atoms with E-state index in [4.69, 9.17) is 15.6 Å². The molecule has 0 aromatic heterocycles. The van der Waals surface area contributed by atoms with Crippen molar-refractivity contribution < 1.29 is 14.2 Å². The Labute approximate surface area is 112 Å². The van der Waals surface area contributed by atoms with Crippen molar-refractivity contribution in [1.29, 1.82) is 0 Å². The molecule has 0 heterocycles. The Hall–Kier alpha value is -1.59. The number of aliphatic hydroxyl groups is 1. The summed E-state index contributed by atoms with van der Waals surface area (Å²) in [6, 6.07) is 9.62. The third-order valence-electron chi connectivity index (χ3n) is 2.36. The quantitative estimate of drug-likeness (QED) is 0.854. The Bertz CT molecular complexity index is 575. The van der Waals surface area contributed by atoms with E-state index in [1.807, 2.05) is 0 Å². The lowest BCUT2D eigenvalue weighted by Gasteiger charge is -2.10. The maximum absolute atomic E-state index is 13.2. The SMILES string of the molecule is Nc1cc(F)c(Br)cc1Oc1cccc(CO)c1. The van der Waals surface area contributed by atoms with Crippen molar-refractivity contribution in [3.63, 3.8) is 0 Å². The number of nitrogen functional groups attached to an aromatic ring is 1. The minimum Gasteiger partial charge on any atom is -0.455 e. The summed E-state index contributed by atoms with van der Waals surface area (Å²) in [4.78, 5) is 0. The number of rotatable bonds is 3. The Kier molecular flexibility index (Phi) is 3.84.